The molecule has 83 valence electrons. The van der Waals surface area contributed by atoms with Crippen molar-refractivity contribution in [3.05, 3.63) is 22.0 Å². The Hall–Kier alpha value is -0.160. The molecule has 1 fully saturated rings. The number of hydrogen-bond acceptors (Lipinski definition) is 4. The number of hydrogen-bond donors (Lipinski definition) is 0. The fourth-order valence-corrected chi connectivity index (χ4v) is 2.95. The van der Waals surface area contributed by atoms with Crippen LogP contribution in [0.3, 0.4) is 0 Å². The lowest BCUT2D eigenvalue weighted by Crippen LogP contribution is -2.20. The van der Waals surface area contributed by atoms with Gasteiger partial charge in [-0.15, -0.1) is 11.3 Å². The predicted molar refractivity (Wildman–Crippen MR) is 60.0 cm³/mol. The molecule has 0 bridgehead atoms. The summed E-state index contributed by atoms with van der Waals surface area (Å²) in [6.45, 7) is 9.60. The van der Waals surface area contributed by atoms with Crippen molar-refractivity contribution in [1.82, 2.24) is 4.98 Å². The average molecular weight is 247 g/mol. The molecule has 5 heteroatoms. The van der Waals surface area contributed by atoms with Crippen LogP contribution in [0, 0.1) is 13.8 Å². The van der Waals surface area contributed by atoms with Gasteiger partial charge in [0.1, 0.15) is 6.10 Å². The monoisotopic (exact) mass is 246 g/mol. The lowest BCUT2D eigenvalue weighted by Gasteiger charge is -2.16. The van der Waals surface area contributed by atoms with Gasteiger partial charge >= 0.3 is 0 Å². The van der Waals surface area contributed by atoms with E-state index in [0.717, 1.165) is 10.6 Å². The summed E-state index contributed by atoms with van der Waals surface area (Å²) in [7, 11) is 0. The normalized spacial score (nSPS) is 29.7. The van der Waals surface area contributed by atoms with E-state index >= 15 is 0 Å². The third-order valence-corrected chi connectivity index (χ3v) is 3.57. The molecule has 2 atom stereocenters. The third kappa shape index (κ3) is 2.18. The van der Waals surface area contributed by atoms with Crippen LogP contribution >= 0.6 is 22.9 Å². The van der Waals surface area contributed by atoms with Crippen LogP contribution in [0.25, 0.3) is 0 Å². The summed E-state index contributed by atoms with van der Waals surface area (Å²) >= 11 is 7.28. The molecule has 0 aliphatic carbocycles. The molecule has 1 aliphatic heterocycles. The molecule has 3 nitrogen and oxygen atoms in total. The molecule has 0 saturated carbocycles. The van der Waals surface area contributed by atoms with Crippen molar-refractivity contribution in [2.24, 2.45) is 0 Å². The largest absolute Gasteiger partial charge is 0.344 e. The van der Waals surface area contributed by atoms with Gasteiger partial charge < -0.3 is 9.47 Å². The Labute approximate surface area is 98.4 Å². The molecule has 1 aromatic rings. The van der Waals surface area contributed by atoms with E-state index in [1.165, 1.54) is 11.3 Å². The number of halogens is 1. The van der Waals surface area contributed by atoms with Crippen LogP contribution in [0.4, 0.5) is 0 Å². The molecule has 1 aromatic heterocycles. The van der Waals surface area contributed by atoms with Gasteiger partial charge in [-0.3, -0.25) is 0 Å². The fraction of sp³-hybridized carbons (Fsp3) is 0.600. The Morgan fingerprint density at radius 2 is 2.13 bits per heavy atom. The molecular weight excluding hydrogens is 234 g/mol. The molecular formula is C10H13ClNO2S. The number of rotatable bonds is 1. The van der Waals surface area contributed by atoms with Crippen LogP contribution in [0.15, 0.2) is 0 Å². The first-order valence-corrected chi connectivity index (χ1v) is 5.90. The molecule has 1 saturated heterocycles. The van der Waals surface area contributed by atoms with E-state index in [1.54, 1.807) is 0 Å². The second-order valence-corrected chi connectivity index (χ2v) is 5.62. The first-order chi connectivity index (χ1) is 6.89. The SMILES string of the molecule is [CH2]C1OC(C)(C)OC1c1sc(Cl)nc1C. The van der Waals surface area contributed by atoms with E-state index in [9.17, 15) is 0 Å². The Morgan fingerprint density at radius 1 is 1.47 bits per heavy atom. The first-order valence-electron chi connectivity index (χ1n) is 4.70. The Balaban J connectivity index is 2.29. The molecule has 0 amide bonds. The Morgan fingerprint density at radius 3 is 2.53 bits per heavy atom. The summed E-state index contributed by atoms with van der Waals surface area (Å²) in [4.78, 5) is 5.16. The topological polar surface area (TPSA) is 31.4 Å². The van der Waals surface area contributed by atoms with E-state index in [0.29, 0.717) is 4.47 Å². The summed E-state index contributed by atoms with van der Waals surface area (Å²) in [6.07, 6.45) is -0.375. The molecule has 0 spiro atoms. The maximum absolute atomic E-state index is 5.85. The van der Waals surface area contributed by atoms with Crippen LogP contribution in [0.2, 0.25) is 4.47 Å². The highest BCUT2D eigenvalue weighted by atomic mass is 35.5. The molecule has 0 N–H and O–H groups in total. The zero-order chi connectivity index (χ0) is 11.2. The second kappa shape index (κ2) is 3.70. The molecule has 2 rings (SSSR count). The van der Waals surface area contributed by atoms with Gasteiger partial charge in [-0.25, -0.2) is 4.98 Å². The third-order valence-electron chi connectivity index (χ3n) is 2.25. The van der Waals surface area contributed by atoms with Crippen molar-refractivity contribution in [2.75, 3.05) is 0 Å². The minimum atomic E-state index is -0.583. The van der Waals surface area contributed by atoms with Crippen molar-refractivity contribution in [1.29, 1.82) is 0 Å². The van der Waals surface area contributed by atoms with Crippen LogP contribution in [-0.2, 0) is 9.47 Å². The summed E-state index contributed by atoms with van der Waals surface area (Å²) in [5, 5.41) is 0. The number of aryl methyl sites for hydroxylation is 1. The van der Waals surface area contributed by atoms with Crippen molar-refractivity contribution < 1.29 is 9.47 Å². The van der Waals surface area contributed by atoms with E-state index < -0.39 is 5.79 Å². The molecule has 2 heterocycles. The van der Waals surface area contributed by atoms with Gasteiger partial charge in [0.05, 0.1) is 16.7 Å². The smallest absolute Gasteiger partial charge is 0.184 e. The lowest BCUT2D eigenvalue weighted by molar-refractivity contribution is -0.143. The predicted octanol–water partition coefficient (Wildman–Crippen LogP) is 3.13. The molecule has 2 unspecified atom stereocenters. The highest BCUT2D eigenvalue weighted by molar-refractivity contribution is 7.15. The zero-order valence-electron chi connectivity index (χ0n) is 8.91. The summed E-state index contributed by atoms with van der Waals surface area (Å²) < 4.78 is 11.9. The van der Waals surface area contributed by atoms with Crippen LogP contribution in [0.1, 0.15) is 30.5 Å². The highest BCUT2D eigenvalue weighted by Crippen LogP contribution is 2.41. The minimum absolute atomic E-state index is 0.162. The molecule has 0 aromatic carbocycles. The maximum Gasteiger partial charge on any atom is 0.184 e. The minimum Gasteiger partial charge on any atom is -0.344 e. The van der Waals surface area contributed by atoms with Gasteiger partial charge in [-0.2, -0.15) is 0 Å². The summed E-state index contributed by atoms with van der Waals surface area (Å²) in [5.41, 5.74) is 0.893. The molecule has 1 radical (unpaired) electrons. The number of thiazole rings is 1. The number of aromatic nitrogens is 1. The van der Waals surface area contributed by atoms with E-state index in [-0.39, 0.29) is 12.2 Å². The second-order valence-electron chi connectivity index (χ2n) is 4.01. The Kier molecular flexibility index (Phi) is 2.79. The molecule has 15 heavy (non-hydrogen) atoms. The lowest BCUT2D eigenvalue weighted by atomic mass is 10.2. The van der Waals surface area contributed by atoms with Crippen molar-refractivity contribution in [3.63, 3.8) is 0 Å². The van der Waals surface area contributed by atoms with Gasteiger partial charge in [0.15, 0.2) is 10.3 Å². The highest BCUT2D eigenvalue weighted by Gasteiger charge is 2.41. The quantitative estimate of drug-likeness (QED) is 0.763. The maximum atomic E-state index is 5.85. The van der Waals surface area contributed by atoms with Gasteiger partial charge in [-0.1, -0.05) is 11.6 Å². The fourth-order valence-electron chi connectivity index (χ4n) is 1.70. The van der Waals surface area contributed by atoms with Gasteiger partial charge in [-0.05, 0) is 27.7 Å². The summed E-state index contributed by atoms with van der Waals surface area (Å²) in [6, 6.07) is 0. The number of ether oxygens (including phenoxy) is 2. The van der Waals surface area contributed by atoms with E-state index in [1.807, 2.05) is 20.8 Å². The number of nitrogens with zero attached hydrogens (tertiary/aromatic N) is 1. The van der Waals surface area contributed by atoms with E-state index in [2.05, 4.69) is 11.9 Å². The molecule has 1 aliphatic rings. The van der Waals surface area contributed by atoms with Crippen molar-refractivity contribution >= 4 is 22.9 Å². The van der Waals surface area contributed by atoms with Gasteiger partial charge in [0.25, 0.3) is 0 Å². The Bertz CT molecular complexity index is 377. The van der Waals surface area contributed by atoms with E-state index in [4.69, 9.17) is 21.1 Å². The van der Waals surface area contributed by atoms with Crippen LogP contribution < -0.4 is 0 Å². The average Bonchev–Trinajstić information content (AvgIpc) is 2.52. The standard InChI is InChI=1S/C10H13ClNO2S/c1-5-8(15-9(11)12-5)7-6(2)13-10(3,4)14-7/h6-7H,2H2,1,3-4H3. The van der Waals surface area contributed by atoms with Crippen molar-refractivity contribution in [2.45, 2.75) is 38.8 Å². The van der Waals surface area contributed by atoms with Crippen LogP contribution in [0.5, 0.6) is 0 Å². The zero-order valence-corrected chi connectivity index (χ0v) is 10.5. The van der Waals surface area contributed by atoms with Gasteiger partial charge in [0.2, 0.25) is 0 Å². The van der Waals surface area contributed by atoms with Crippen molar-refractivity contribution in [3.8, 4) is 0 Å². The first kappa shape index (κ1) is 11.3. The van der Waals surface area contributed by atoms with Crippen LogP contribution in [-0.4, -0.2) is 16.9 Å². The summed E-state index contributed by atoms with van der Waals surface area (Å²) in [5.74, 6) is -0.583. The van der Waals surface area contributed by atoms with Gasteiger partial charge in [0, 0.05) is 0 Å².